The van der Waals surface area contributed by atoms with Gasteiger partial charge in [-0.25, -0.2) is 0 Å². The SMILES string of the molecule is COc1cc(-c2cc(CN(CCO[Si](C)(C)C(C)(C)C)C(=O)[C@@H](N)Cc3ccccc3)ccn2)cc(OC)c1OC. The highest BCUT2D eigenvalue weighted by atomic mass is 28.4. The number of hydrogen-bond acceptors (Lipinski definition) is 7. The van der Waals surface area contributed by atoms with E-state index in [4.69, 9.17) is 24.4 Å². The van der Waals surface area contributed by atoms with Gasteiger partial charge in [-0.1, -0.05) is 51.1 Å². The zero-order valence-corrected chi connectivity index (χ0v) is 26.7. The van der Waals surface area contributed by atoms with E-state index in [0.29, 0.717) is 43.4 Å². The molecule has 1 atom stereocenters. The standard InChI is InChI=1S/C32H45N3O5Si/c1-32(2,3)41(7,8)40-17-16-35(31(36)26(33)18-23-12-10-9-11-13-23)22-24-14-15-34-27(19-24)25-20-28(37-4)30(39-6)29(21-25)38-5/h9-15,19-21,26H,16-18,22,33H2,1-8H3/t26-/m0/s1. The summed E-state index contributed by atoms with van der Waals surface area (Å²) in [5.74, 6) is 1.49. The van der Waals surface area contributed by atoms with Crippen molar-refractivity contribution in [3.8, 4) is 28.5 Å². The van der Waals surface area contributed by atoms with Crippen LogP contribution in [0.2, 0.25) is 18.1 Å². The van der Waals surface area contributed by atoms with Gasteiger partial charge in [-0.2, -0.15) is 0 Å². The Labute approximate surface area is 245 Å². The van der Waals surface area contributed by atoms with Crippen LogP contribution in [0.25, 0.3) is 11.3 Å². The van der Waals surface area contributed by atoms with Gasteiger partial charge in [0.1, 0.15) is 0 Å². The Kier molecular flexibility index (Phi) is 10.9. The third-order valence-electron chi connectivity index (χ3n) is 7.72. The van der Waals surface area contributed by atoms with Gasteiger partial charge in [-0.15, -0.1) is 0 Å². The molecule has 0 unspecified atom stereocenters. The van der Waals surface area contributed by atoms with Crippen molar-refractivity contribution >= 4 is 14.2 Å². The van der Waals surface area contributed by atoms with Crippen molar-refractivity contribution in [1.82, 2.24) is 9.88 Å². The summed E-state index contributed by atoms with van der Waals surface area (Å²) in [6, 6.07) is 16.8. The summed E-state index contributed by atoms with van der Waals surface area (Å²) >= 11 is 0. The summed E-state index contributed by atoms with van der Waals surface area (Å²) in [6.45, 7) is 12.3. The second-order valence-corrected chi connectivity index (χ2v) is 16.4. The molecule has 3 rings (SSSR count). The van der Waals surface area contributed by atoms with E-state index < -0.39 is 14.4 Å². The van der Waals surface area contributed by atoms with Crippen LogP contribution in [-0.4, -0.2) is 64.6 Å². The van der Waals surface area contributed by atoms with Gasteiger partial charge in [0.2, 0.25) is 11.7 Å². The van der Waals surface area contributed by atoms with Crippen molar-refractivity contribution in [3.63, 3.8) is 0 Å². The summed E-state index contributed by atoms with van der Waals surface area (Å²) in [7, 11) is 2.76. The number of pyridine rings is 1. The molecule has 0 aliphatic carbocycles. The van der Waals surface area contributed by atoms with Gasteiger partial charge in [0.05, 0.1) is 39.7 Å². The first kappa shape index (κ1) is 32.1. The minimum absolute atomic E-state index is 0.0754. The van der Waals surface area contributed by atoms with E-state index in [1.54, 1.807) is 32.4 Å². The molecule has 0 saturated heterocycles. The van der Waals surface area contributed by atoms with E-state index in [2.05, 4.69) is 38.8 Å². The smallest absolute Gasteiger partial charge is 0.240 e. The lowest BCUT2D eigenvalue weighted by Crippen LogP contribution is -2.47. The highest BCUT2D eigenvalue weighted by Gasteiger charge is 2.37. The Morgan fingerprint density at radius 3 is 2.15 bits per heavy atom. The molecule has 3 aromatic rings. The van der Waals surface area contributed by atoms with Crippen LogP contribution >= 0.6 is 0 Å². The van der Waals surface area contributed by atoms with Crippen molar-refractivity contribution in [2.45, 2.75) is 57.9 Å². The maximum Gasteiger partial charge on any atom is 0.240 e. The molecular formula is C32H45N3O5Si. The quantitative estimate of drug-likeness (QED) is 0.260. The molecule has 0 bridgehead atoms. The fraction of sp³-hybridized carbons (Fsp3) is 0.438. The van der Waals surface area contributed by atoms with E-state index in [0.717, 1.165) is 22.4 Å². The number of hydrogen-bond donors (Lipinski definition) is 1. The highest BCUT2D eigenvalue weighted by molar-refractivity contribution is 6.74. The van der Waals surface area contributed by atoms with Crippen LogP contribution in [0, 0.1) is 0 Å². The summed E-state index contributed by atoms with van der Waals surface area (Å²) in [4.78, 5) is 20.1. The van der Waals surface area contributed by atoms with Crippen molar-refractivity contribution in [3.05, 3.63) is 71.9 Å². The molecule has 222 valence electrons. The minimum atomic E-state index is -1.98. The van der Waals surface area contributed by atoms with Crippen LogP contribution in [0.1, 0.15) is 31.9 Å². The van der Waals surface area contributed by atoms with Crippen LogP contribution in [0.3, 0.4) is 0 Å². The minimum Gasteiger partial charge on any atom is -0.493 e. The number of carbonyl (C=O) groups is 1. The number of ether oxygens (including phenoxy) is 3. The topological polar surface area (TPSA) is 96.1 Å². The second-order valence-electron chi connectivity index (χ2n) is 11.6. The van der Waals surface area contributed by atoms with Gasteiger partial charge >= 0.3 is 0 Å². The molecule has 0 radical (unpaired) electrons. The molecule has 1 heterocycles. The van der Waals surface area contributed by atoms with Gasteiger partial charge < -0.3 is 29.3 Å². The Bertz CT molecular complexity index is 1270. The van der Waals surface area contributed by atoms with E-state index in [-0.39, 0.29) is 10.9 Å². The van der Waals surface area contributed by atoms with E-state index in [1.165, 1.54) is 0 Å². The number of benzene rings is 2. The third-order valence-corrected chi connectivity index (χ3v) is 12.3. The monoisotopic (exact) mass is 579 g/mol. The highest BCUT2D eigenvalue weighted by Crippen LogP contribution is 2.41. The summed E-state index contributed by atoms with van der Waals surface area (Å²) in [5, 5.41) is 0.0754. The first-order valence-corrected chi connectivity index (χ1v) is 16.8. The third kappa shape index (κ3) is 8.31. The number of nitrogens with two attached hydrogens (primary N) is 1. The predicted molar refractivity (Wildman–Crippen MR) is 166 cm³/mol. The zero-order valence-electron chi connectivity index (χ0n) is 25.7. The molecule has 41 heavy (non-hydrogen) atoms. The first-order chi connectivity index (χ1) is 19.4. The lowest BCUT2D eigenvalue weighted by Gasteiger charge is -2.37. The van der Waals surface area contributed by atoms with Crippen LogP contribution in [0.5, 0.6) is 17.2 Å². The molecule has 9 heteroatoms. The average Bonchev–Trinajstić information content (AvgIpc) is 2.95. The molecule has 1 amide bonds. The van der Waals surface area contributed by atoms with Gasteiger partial charge in [0.25, 0.3) is 0 Å². The molecule has 1 aromatic heterocycles. The number of rotatable bonds is 13. The first-order valence-electron chi connectivity index (χ1n) is 13.9. The summed E-state index contributed by atoms with van der Waals surface area (Å²) in [5.41, 5.74) is 9.95. The Morgan fingerprint density at radius 2 is 1.59 bits per heavy atom. The van der Waals surface area contributed by atoms with Crippen LogP contribution in [0.15, 0.2) is 60.8 Å². The normalized spacial score (nSPS) is 12.5. The van der Waals surface area contributed by atoms with Crippen molar-refractivity contribution in [2.75, 3.05) is 34.5 Å². The van der Waals surface area contributed by atoms with Crippen LogP contribution in [-0.2, 0) is 22.2 Å². The van der Waals surface area contributed by atoms with Crippen molar-refractivity contribution in [2.24, 2.45) is 5.73 Å². The number of nitrogens with zero attached hydrogens (tertiary/aromatic N) is 2. The maximum absolute atomic E-state index is 13.7. The molecule has 2 aromatic carbocycles. The Morgan fingerprint density at radius 1 is 0.951 bits per heavy atom. The summed E-state index contributed by atoms with van der Waals surface area (Å²) in [6.07, 6.45) is 2.21. The molecule has 0 aliphatic heterocycles. The van der Waals surface area contributed by atoms with E-state index in [1.807, 2.05) is 54.6 Å². The number of amides is 1. The number of aromatic nitrogens is 1. The number of carbonyl (C=O) groups excluding carboxylic acids is 1. The molecule has 0 fully saturated rings. The average molecular weight is 580 g/mol. The van der Waals surface area contributed by atoms with Crippen LogP contribution < -0.4 is 19.9 Å². The maximum atomic E-state index is 13.7. The van der Waals surface area contributed by atoms with Crippen molar-refractivity contribution in [1.29, 1.82) is 0 Å². The van der Waals surface area contributed by atoms with Gasteiger partial charge in [0, 0.05) is 24.8 Å². The molecule has 0 spiro atoms. The fourth-order valence-corrected chi connectivity index (χ4v) is 5.30. The number of methoxy groups -OCH3 is 3. The molecule has 2 N–H and O–H groups in total. The molecule has 0 aliphatic rings. The van der Waals surface area contributed by atoms with E-state index in [9.17, 15) is 4.79 Å². The van der Waals surface area contributed by atoms with Gasteiger partial charge in [-0.3, -0.25) is 9.78 Å². The molecule has 8 nitrogen and oxygen atoms in total. The predicted octanol–water partition coefficient (Wildman–Crippen LogP) is 5.69. The van der Waals surface area contributed by atoms with Crippen LogP contribution in [0.4, 0.5) is 0 Å². The van der Waals surface area contributed by atoms with Gasteiger partial charge in [0.15, 0.2) is 19.8 Å². The lowest BCUT2D eigenvalue weighted by atomic mass is 10.0. The fourth-order valence-electron chi connectivity index (χ4n) is 4.26. The van der Waals surface area contributed by atoms with Gasteiger partial charge in [-0.05, 0) is 59.9 Å². The van der Waals surface area contributed by atoms with E-state index >= 15 is 0 Å². The largest absolute Gasteiger partial charge is 0.493 e. The molecular weight excluding hydrogens is 534 g/mol. The zero-order chi connectivity index (χ0) is 30.2. The second kappa shape index (κ2) is 14.0. The lowest BCUT2D eigenvalue weighted by molar-refractivity contribution is -0.133. The Balaban J connectivity index is 1.87. The molecule has 0 saturated carbocycles. The Hall–Kier alpha value is -3.40. The van der Waals surface area contributed by atoms with Crippen molar-refractivity contribution < 1.29 is 23.4 Å². The summed E-state index contributed by atoms with van der Waals surface area (Å²) < 4.78 is 22.9.